The molecule has 2 N–H and O–H groups in total. The maximum absolute atomic E-state index is 10.7. The first-order valence-electron chi connectivity index (χ1n) is 4.07. The zero-order valence-corrected chi connectivity index (χ0v) is 8.25. The van der Waals surface area contributed by atoms with E-state index in [9.17, 15) is 14.7 Å². The summed E-state index contributed by atoms with van der Waals surface area (Å²) in [4.78, 5) is 21.7. The molecule has 1 aromatic heterocycles. The Bertz CT molecular complexity index is 556. The van der Waals surface area contributed by atoms with Gasteiger partial charge in [-0.3, -0.25) is 4.79 Å². The van der Waals surface area contributed by atoms with Gasteiger partial charge in [-0.05, 0) is 23.6 Å². The van der Waals surface area contributed by atoms with Gasteiger partial charge in [0, 0.05) is 4.70 Å². The van der Waals surface area contributed by atoms with Gasteiger partial charge < -0.3 is 10.2 Å². The standard InChI is InChI=1S/C10H6O4S/c11-4-6-1-5-2-7(10(13)14)8(12)3-9(5)15-6/h1-4,12H,(H,13,14). The summed E-state index contributed by atoms with van der Waals surface area (Å²) in [6.07, 6.45) is 0.697. The molecular weight excluding hydrogens is 216 g/mol. The quantitative estimate of drug-likeness (QED) is 0.763. The average Bonchev–Trinajstić information content (AvgIpc) is 2.58. The summed E-state index contributed by atoms with van der Waals surface area (Å²) in [5.41, 5.74) is -0.155. The van der Waals surface area contributed by atoms with Gasteiger partial charge in [0.1, 0.15) is 11.3 Å². The Morgan fingerprint density at radius 3 is 2.67 bits per heavy atom. The molecule has 0 aliphatic rings. The van der Waals surface area contributed by atoms with Crippen molar-refractivity contribution in [3.63, 3.8) is 0 Å². The Labute approximate surface area is 88.4 Å². The molecule has 4 nitrogen and oxygen atoms in total. The van der Waals surface area contributed by atoms with E-state index < -0.39 is 5.97 Å². The largest absolute Gasteiger partial charge is 0.507 e. The molecule has 0 fully saturated rings. The van der Waals surface area contributed by atoms with E-state index in [0.29, 0.717) is 21.2 Å². The first-order chi connectivity index (χ1) is 7.11. The number of hydrogen-bond donors (Lipinski definition) is 2. The number of aromatic carboxylic acids is 1. The van der Waals surface area contributed by atoms with Crippen LogP contribution in [0.4, 0.5) is 0 Å². The Balaban J connectivity index is 2.73. The number of hydrogen-bond acceptors (Lipinski definition) is 4. The average molecular weight is 222 g/mol. The molecule has 0 bridgehead atoms. The summed E-state index contributed by atoms with van der Waals surface area (Å²) < 4.78 is 0.694. The Morgan fingerprint density at radius 1 is 1.33 bits per heavy atom. The number of thiophene rings is 1. The Kier molecular flexibility index (Phi) is 2.17. The van der Waals surface area contributed by atoms with Crippen LogP contribution in [0, 0.1) is 0 Å². The maximum atomic E-state index is 10.7. The van der Waals surface area contributed by atoms with Crippen LogP contribution < -0.4 is 0 Å². The second-order valence-corrected chi connectivity index (χ2v) is 4.09. The van der Waals surface area contributed by atoms with E-state index in [2.05, 4.69) is 0 Å². The van der Waals surface area contributed by atoms with Crippen LogP contribution in [0.15, 0.2) is 18.2 Å². The van der Waals surface area contributed by atoms with Crippen molar-refractivity contribution < 1.29 is 19.8 Å². The van der Waals surface area contributed by atoms with Crippen molar-refractivity contribution in [2.45, 2.75) is 0 Å². The number of fused-ring (bicyclic) bond motifs is 1. The Morgan fingerprint density at radius 2 is 2.07 bits per heavy atom. The third-order valence-electron chi connectivity index (χ3n) is 2.00. The van der Waals surface area contributed by atoms with Crippen LogP contribution in [0.3, 0.4) is 0 Å². The number of carbonyl (C=O) groups is 2. The summed E-state index contributed by atoms with van der Waals surface area (Å²) in [5.74, 6) is -1.47. The molecule has 0 saturated carbocycles. The van der Waals surface area contributed by atoms with Crippen molar-refractivity contribution in [3.05, 3.63) is 28.6 Å². The van der Waals surface area contributed by atoms with E-state index in [4.69, 9.17) is 5.11 Å². The third kappa shape index (κ3) is 1.57. The number of carboxylic acids is 1. The zero-order valence-electron chi connectivity index (χ0n) is 7.43. The van der Waals surface area contributed by atoms with Crippen molar-refractivity contribution in [2.24, 2.45) is 0 Å². The molecule has 5 heteroatoms. The van der Waals surface area contributed by atoms with E-state index in [-0.39, 0.29) is 11.3 Å². The van der Waals surface area contributed by atoms with Gasteiger partial charge in [-0.2, -0.15) is 0 Å². The van der Waals surface area contributed by atoms with Gasteiger partial charge in [0.2, 0.25) is 0 Å². The van der Waals surface area contributed by atoms with E-state index in [1.807, 2.05) is 0 Å². The normalized spacial score (nSPS) is 10.4. The van der Waals surface area contributed by atoms with Gasteiger partial charge in [-0.25, -0.2) is 4.79 Å². The van der Waals surface area contributed by atoms with Gasteiger partial charge in [-0.1, -0.05) is 0 Å². The highest BCUT2D eigenvalue weighted by atomic mass is 32.1. The molecule has 0 radical (unpaired) electrons. The second-order valence-electron chi connectivity index (χ2n) is 2.98. The highest BCUT2D eigenvalue weighted by Gasteiger charge is 2.12. The van der Waals surface area contributed by atoms with E-state index in [1.54, 1.807) is 6.07 Å². The molecular formula is C10H6O4S. The fraction of sp³-hybridized carbons (Fsp3) is 0. The van der Waals surface area contributed by atoms with Crippen molar-refractivity contribution >= 4 is 33.7 Å². The lowest BCUT2D eigenvalue weighted by Crippen LogP contribution is -1.95. The number of rotatable bonds is 2. The monoisotopic (exact) mass is 222 g/mol. The molecule has 0 aliphatic heterocycles. The highest BCUT2D eigenvalue weighted by Crippen LogP contribution is 2.30. The third-order valence-corrected chi connectivity index (χ3v) is 3.02. The van der Waals surface area contributed by atoms with Gasteiger partial charge in [0.25, 0.3) is 0 Å². The number of aldehydes is 1. The number of carboxylic acid groups (broad SMARTS) is 1. The van der Waals surface area contributed by atoms with Gasteiger partial charge in [0.05, 0.1) is 4.88 Å². The molecule has 1 heterocycles. The number of benzene rings is 1. The van der Waals surface area contributed by atoms with E-state index in [0.717, 1.165) is 0 Å². The number of carbonyl (C=O) groups excluding carboxylic acids is 1. The molecule has 2 aromatic rings. The minimum atomic E-state index is -1.19. The summed E-state index contributed by atoms with van der Waals surface area (Å²) in [5, 5.41) is 18.8. The first kappa shape index (κ1) is 9.67. The zero-order chi connectivity index (χ0) is 11.0. The fourth-order valence-electron chi connectivity index (χ4n) is 1.33. The molecule has 0 amide bonds. The minimum absolute atomic E-state index is 0.155. The van der Waals surface area contributed by atoms with Gasteiger partial charge >= 0.3 is 5.97 Å². The van der Waals surface area contributed by atoms with Crippen molar-refractivity contribution in [3.8, 4) is 5.75 Å². The van der Waals surface area contributed by atoms with Crippen LogP contribution in [0.5, 0.6) is 5.75 Å². The van der Waals surface area contributed by atoms with Crippen molar-refractivity contribution in [2.75, 3.05) is 0 Å². The maximum Gasteiger partial charge on any atom is 0.339 e. The topological polar surface area (TPSA) is 74.6 Å². The fourth-order valence-corrected chi connectivity index (χ4v) is 2.22. The predicted octanol–water partition coefficient (Wildman–Crippen LogP) is 2.12. The molecule has 0 aliphatic carbocycles. The van der Waals surface area contributed by atoms with Gasteiger partial charge in [-0.15, -0.1) is 11.3 Å². The van der Waals surface area contributed by atoms with Crippen LogP contribution in [0.25, 0.3) is 10.1 Å². The predicted molar refractivity (Wildman–Crippen MR) is 55.8 cm³/mol. The number of aromatic hydroxyl groups is 1. The summed E-state index contributed by atoms with van der Waals surface area (Å²) in [7, 11) is 0. The Hall–Kier alpha value is -1.88. The first-order valence-corrected chi connectivity index (χ1v) is 4.88. The second kappa shape index (κ2) is 3.36. The minimum Gasteiger partial charge on any atom is -0.507 e. The summed E-state index contributed by atoms with van der Waals surface area (Å²) >= 11 is 1.21. The van der Waals surface area contributed by atoms with Crippen LogP contribution in [-0.2, 0) is 0 Å². The highest BCUT2D eigenvalue weighted by molar-refractivity contribution is 7.20. The summed E-state index contributed by atoms with van der Waals surface area (Å²) in [6, 6.07) is 4.31. The smallest absolute Gasteiger partial charge is 0.339 e. The molecule has 76 valence electrons. The molecule has 0 spiro atoms. The van der Waals surface area contributed by atoms with Crippen molar-refractivity contribution in [1.29, 1.82) is 0 Å². The van der Waals surface area contributed by atoms with Crippen LogP contribution in [-0.4, -0.2) is 22.5 Å². The van der Waals surface area contributed by atoms with E-state index in [1.165, 1.54) is 23.5 Å². The van der Waals surface area contributed by atoms with Crippen LogP contribution >= 0.6 is 11.3 Å². The van der Waals surface area contributed by atoms with Crippen LogP contribution in [0.1, 0.15) is 20.0 Å². The van der Waals surface area contributed by atoms with Crippen LogP contribution in [0.2, 0.25) is 0 Å². The lowest BCUT2D eigenvalue weighted by atomic mass is 10.1. The molecule has 15 heavy (non-hydrogen) atoms. The molecule has 2 rings (SSSR count). The molecule has 0 unspecified atom stereocenters. The van der Waals surface area contributed by atoms with E-state index >= 15 is 0 Å². The lowest BCUT2D eigenvalue weighted by Gasteiger charge is -1.98. The molecule has 1 aromatic carbocycles. The van der Waals surface area contributed by atoms with Gasteiger partial charge in [0.15, 0.2) is 6.29 Å². The molecule has 0 saturated heterocycles. The molecule has 0 atom stereocenters. The number of phenols is 1. The van der Waals surface area contributed by atoms with Crippen molar-refractivity contribution in [1.82, 2.24) is 0 Å². The SMILES string of the molecule is O=Cc1cc2cc(C(=O)O)c(O)cc2s1. The summed E-state index contributed by atoms with van der Waals surface area (Å²) in [6.45, 7) is 0. The lowest BCUT2D eigenvalue weighted by molar-refractivity contribution is 0.0694.